The molecule has 1 aromatic rings. The lowest BCUT2D eigenvalue weighted by Crippen LogP contribution is -2.29. The highest BCUT2D eigenvalue weighted by molar-refractivity contribution is 7.13. The molecule has 1 aromatic heterocycles. The van der Waals surface area contributed by atoms with Gasteiger partial charge in [0.1, 0.15) is 0 Å². The zero-order valence-electron chi connectivity index (χ0n) is 9.98. The maximum atomic E-state index is 5.63. The summed E-state index contributed by atoms with van der Waals surface area (Å²) in [5.41, 5.74) is 6.79. The number of anilines is 1. The molecule has 1 saturated carbocycles. The molecule has 1 fully saturated rings. The maximum absolute atomic E-state index is 5.63. The van der Waals surface area contributed by atoms with Gasteiger partial charge in [-0.25, -0.2) is 4.98 Å². The van der Waals surface area contributed by atoms with Crippen LogP contribution in [0.15, 0.2) is 5.38 Å². The van der Waals surface area contributed by atoms with E-state index in [1.165, 1.54) is 32.2 Å². The van der Waals surface area contributed by atoms with Crippen molar-refractivity contribution in [3.63, 3.8) is 0 Å². The van der Waals surface area contributed by atoms with Crippen LogP contribution < -0.4 is 5.73 Å². The molecule has 2 rings (SSSR count). The summed E-state index contributed by atoms with van der Waals surface area (Å²) in [6, 6.07) is 0.863. The van der Waals surface area contributed by atoms with Crippen LogP contribution in [0.1, 0.15) is 38.3 Å². The van der Waals surface area contributed by atoms with Gasteiger partial charge in [-0.3, -0.25) is 4.90 Å². The van der Waals surface area contributed by atoms with Crippen molar-refractivity contribution in [3.8, 4) is 0 Å². The molecule has 0 atom stereocenters. The largest absolute Gasteiger partial charge is 0.375 e. The molecule has 0 radical (unpaired) electrons. The van der Waals surface area contributed by atoms with E-state index < -0.39 is 0 Å². The molecule has 1 aliphatic rings. The fraction of sp³-hybridized carbons (Fsp3) is 0.750. The summed E-state index contributed by atoms with van der Waals surface area (Å²) in [6.07, 6.45) is 6.43. The van der Waals surface area contributed by atoms with Crippen LogP contribution in [0, 0.1) is 0 Å². The second kappa shape index (κ2) is 5.64. The summed E-state index contributed by atoms with van der Waals surface area (Å²) in [5, 5.41) is 2.78. The van der Waals surface area contributed by atoms with Crippen LogP contribution in [-0.2, 0) is 6.42 Å². The number of thiazole rings is 1. The van der Waals surface area contributed by atoms with Gasteiger partial charge < -0.3 is 5.73 Å². The Morgan fingerprint density at radius 2 is 2.31 bits per heavy atom. The molecule has 1 aliphatic carbocycles. The Morgan fingerprint density at radius 1 is 1.50 bits per heavy atom. The van der Waals surface area contributed by atoms with Gasteiger partial charge in [-0.15, -0.1) is 11.3 Å². The van der Waals surface area contributed by atoms with Crippen LogP contribution in [0.3, 0.4) is 0 Å². The van der Waals surface area contributed by atoms with Crippen molar-refractivity contribution in [1.29, 1.82) is 0 Å². The quantitative estimate of drug-likeness (QED) is 0.795. The highest BCUT2D eigenvalue weighted by Crippen LogP contribution is 2.27. The monoisotopic (exact) mass is 239 g/mol. The van der Waals surface area contributed by atoms with Gasteiger partial charge in [0.25, 0.3) is 0 Å². The van der Waals surface area contributed by atoms with E-state index in [1.807, 2.05) is 0 Å². The molecule has 0 unspecified atom stereocenters. The number of nitrogens with two attached hydrogens (primary N) is 1. The molecule has 0 amide bonds. The van der Waals surface area contributed by atoms with E-state index in [0.717, 1.165) is 24.7 Å². The van der Waals surface area contributed by atoms with Crippen LogP contribution in [0.4, 0.5) is 5.13 Å². The van der Waals surface area contributed by atoms with Gasteiger partial charge >= 0.3 is 0 Å². The van der Waals surface area contributed by atoms with Gasteiger partial charge in [0.2, 0.25) is 0 Å². The second-order valence-electron chi connectivity index (χ2n) is 4.55. The van der Waals surface area contributed by atoms with Gasteiger partial charge in [-0.2, -0.15) is 0 Å². The van der Waals surface area contributed by atoms with E-state index in [4.69, 9.17) is 5.73 Å². The molecule has 0 bridgehead atoms. The Kier molecular flexibility index (Phi) is 4.18. The van der Waals surface area contributed by atoms with Gasteiger partial charge in [0, 0.05) is 24.4 Å². The number of aromatic nitrogens is 1. The normalized spacial score (nSPS) is 15.9. The number of hydrogen-bond donors (Lipinski definition) is 1. The summed E-state index contributed by atoms with van der Waals surface area (Å²) in [4.78, 5) is 6.94. The van der Waals surface area contributed by atoms with Crippen molar-refractivity contribution in [1.82, 2.24) is 9.88 Å². The molecule has 0 aromatic carbocycles. The smallest absolute Gasteiger partial charge is 0.180 e. The zero-order chi connectivity index (χ0) is 11.4. The third kappa shape index (κ3) is 3.46. The molecule has 0 spiro atoms. The number of hydrogen-bond acceptors (Lipinski definition) is 4. The minimum Gasteiger partial charge on any atom is -0.375 e. The summed E-state index contributed by atoms with van der Waals surface area (Å²) >= 11 is 1.55. The third-order valence-electron chi connectivity index (χ3n) is 3.09. The van der Waals surface area contributed by atoms with E-state index in [9.17, 15) is 0 Å². The van der Waals surface area contributed by atoms with Crippen molar-refractivity contribution in [3.05, 3.63) is 11.1 Å². The van der Waals surface area contributed by atoms with Crippen molar-refractivity contribution in [2.75, 3.05) is 18.8 Å². The van der Waals surface area contributed by atoms with E-state index in [1.54, 1.807) is 11.3 Å². The van der Waals surface area contributed by atoms with Crippen LogP contribution in [0.2, 0.25) is 0 Å². The van der Waals surface area contributed by atoms with E-state index in [-0.39, 0.29) is 0 Å². The molecule has 16 heavy (non-hydrogen) atoms. The van der Waals surface area contributed by atoms with Crippen LogP contribution in [0.25, 0.3) is 0 Å². The summed E-state index contributed by atoms with van der Waals surface area (Å²) in [6.45, 7) is 4.65. The van der Waals surface area contributed by atoms with Crippen LogP contribution in [-0.4, -0.2) is 29.0 Å². The summed E-state index contributed by atoms with van der Waals surface area (Å²) < 4.78 is 0. The molecular formula is C12H21N3S. The van der Waals surface area contributed by atoms with Gasteiger partial charge in [0.15, 0.2) is 5.13 Å². The summed E-state index contributed by atoms with van der Waals surface area (Å²) in [5.74, 6) is 0. The minimum atomic E-state index is 0.696. The van der Waals surface area contributed by atoms with Crippen molar-refractivity contribution in [2.45, 2.75) is 45.1 Å². The van der Waals surface area contributed by atoms with Gasteiger partial charge in [0.05, 0.1) is 5.69 Å². The SMILES string of the molecule is CCCCN(CCc1csc(N)n1)C1CC1. The Hall–Kier alpha value is -0.610. The lowest BCUT2D eigenvalue weighted by molar-refractivity contribution is 0.262. The van der Waals surface area contributed by atoms with E-state index in [0.29, 0.717) is 5.13 Å². The lowest BCUT2D eigenvalue weighted by Gasteiger charge is -2.20. The fourth-order valence-electron chi connectivity index (χ4n) is 1.97. The van der Waals surface area contributed by atoms with Crippen molar-refractivity contribution in [2.24, 2.45) is 0 Å². The van der Waals surface area contributed by atoms with E-state index in [2.05, 4.69) is 22.2 Å². The average molecular weight is 239 g/mol. The Morgan fingerprint density at radius 3 is 2.88 bits per heavy atom. The minimum absolute atomic E-state index is 0.696. The molecule has 0 saturated heterocycles. The molecule has 90 valence electrons. The Balaban J connectivity index is 1.77. The highest BCUT2D eigenvalue weighted by atomic mass is 32.1. The van der Waals surface area contributed by atoms with Gasteiger partial charge in [-0.05, 0) is 25.8 Å². The maximum Gasteiger partial charge on any atom is 0.180 e. The summed E-state index contributed by atoms with van der Waals surface area (Å²) in [7, 11) is 0. The second-order valence-corrected chi connectivity index (χ2v) is 5.44. The van der Waals surface area contributed by atoms with Gasteiger partial charge in [-0.1, -0.05) is 13.3 Å². The fourth-order valence-corrected chi connectivity index (χ4v) is 2.57. The topological polar surface area (TPSA) is 42.1 Å². The lowest BCUT2D eigenvalue weighted by atomic mass is 10.2. The number of rotatable bonds is 7. The molecule has 0 aliphatic heterocycles. The van der Waals surface area contributed by atoms with Crippen molar-refractivity contribution >= 4 is 16.5 Å². The Labute approximate surface area is 102 Å². The average Bonchev–Trinajstić information content (AvgIpc) is 3.03. The van der Waals surface area contributed by atoms with E-state index >= 15 is 0 Å². The van der Waals surface area contributed by atoms with Crippen molar-refractivity contribution < 1.29 is 0 Å². The first-order valence-corrected chi connectivity index (χ1v) is 7.11. The molecule has 4 heteroatoms. The first-order chi connectivity index (χ1) is 7.79. The molecular weight excluding hydrogens is 218 g/mol. The standard InChI is InChI=1S/C12H21N3S/c1-2-3-7-15(11-4-5-11)8-6-10-9-16-12(13)14-10/h9,11H,2-8H2,1H3,(H2,13,14). The molecule has 3 nitrogen and oxygen atoms in total. The van der Waals surface area contributed by atoms with Crippen LogP contribution >= 0.6 is 11.3 Å². The highest BCUT2D eigenvalue weighted by Gasteiger charge is 2.27. The predicted octanol–water partition coefficient (Wildman–Crippen LogP) is 2.53. The number of unbranched alkanes of at least 4 members (excludes halogenated alkanes) is 1. The number of nitrogen functional groups attached to an aromatic ring is 1. The first kappa shape index (κ1) is 11.9. The molecule has 1 heterocycles. The zero-order valence-corrected chi connectivity index (χ0v) is 10.8. The molecule has 2 N–H and O–H groups in total. The Bertz CT molecular complexity index is 320. The predicted molar refractivity (Wildman–Crippen MR) is 69.7 cm³/mol. The first-order valence-electron chi connectivity index (χ1n) is 6.23. The third-order valence-corrected chi connectivity index (χ3v) is 3.81. The number of nitrogens with zero attached hydrogens (tertiary/aromatic N) is 2. The van der Waals surface area contributed by atoms with Crippen LogP contribution in [0.5, 0.6) is 0 Å².